The van der Waals surface area contributed by atoms with Crippen LogP contribution in [0.25, 0.3) is 0 Å². The molecule has 19 heavy (non-hydrogen) atoms. The molecule has 0 saturated heterocycles. The molecule has 6 nitrogen and oxygen atoms in total. The number of nitrogens with one attached hydrogen (secondary N) is 1. The minimum atomic E-state index is -0.993. The van der Waals surface area contributed by atoms with Crippen LogP contribution in [-0.4, -0.2) is 27.9 Å². The van der Waals surface area contributed by atoms with E-state index in [2.05, 4.69) is 5.32 Å². The molecule has 6 heteroatoms. The van der Waals surface area contributed by atoms with Gasteiger partial charge >= 0.3 is 12.1 Å². The van der Waals surface area contributed by atoms with Gasteiger partial charge < -0.3 is 14.9 Å². The highest BCUT2D eigenvalue weighted by Crippen LogP contribution is 2.25. The number of carbonyl (C=O) groups excluding carboxylic acids is 1. The molecule has 104 valence electrons. The molecule has 1 aromatic rings. The summed E-state index contributed by atoms with van der Waals surface area (Å²) < 4.78 is 5.04. The number of aromatic hydroxyl groups is 1. The molecule has 0 fully saturated rings. The number of carbonyl (C=O) groups is 2. The van der Waals surface area contributed by atoms with Gasteiger partial charge in [-0.15, -0.1) is 0 Å². The van der Waals surface area contributed by atoms with Crippen molar-refractivity contribution < 1.29 is 24.5 Å². The third kappa shape index (κ3) is 5.29. The summed E-state index contributed by atoms with van der Waals surface area (Å²) in [6.45, 7) is 5.17. The van der Waals surface area contributed by atoms with Crippen LogP contribution in [0, 0.1) is 0 Å². The molecule has 0 unspecified atom stereocenters. The van der Waals surface area contributed by atoms with Gasteiger partial charge in [0.2, 0.25) is 0 Å². The highest BCUT2D eigenvalue weighted by atomic mass is 16.6. The normalized spacial score (nSPS) is 10.9. The van der Waals surface area contributed by atoms with Crippen LogP contribution in [0.3, 0.4) is 0 Å². The summed E-state index contributed by atoms with van der Waals surface area (Å²) in [6.07, 6.45) is -0.880. The highest BCUT2D eigenvalue weighted by molar-refractivity contribution is 5.87. The first-order chi connectivity index (χ1) is 8.67. The number of aliphatic carboxylic acids is 1. The van der Waals surface area contributed by atoms with Crippen molar-refractivity contribution in [2.45, 2.75) is 32.8 Å². The molecule has 0 saturated carbocycles. The van der Waals surface area contributed by atoms with E-state index in [0.717, 1.165) is 0 Å². The fourth-order valence-electron chi connectivity index (χ4n) is 1.38. The third-order valence-electron chi connectivity index (χ3n) is 2.05. The van der Waals surface area contributed by atoms with Gasteiger partial charge in [0, 0.05) is 0 Å². The lowest BCUT2D eigenvalue weighted by atomic mass is 10.1. The minimum Gasteiger partial charge on any atom is -0.506 e. The predicted octanol–water partition coefficient (Wildman–Crippen LogP) is 2.37. The molecule has 3 N–H and O–H groups in total. The Bertz CT molecular complexity index is 490. The van der Waals surface area contributed by atoms with Gasteiger partial charge in [-0.2, -0.15) is 0 Å². The molecule has 0 atom stereocenters. The summed E-state index contributed by atoms with van der Waals surface area (Å²) in [5.41, 5.74) is -0.0220. The maximum absolute atomic E-state index is 11.5. The van der Waals surface area contributed by atoms with Gasteiger partial charge in [-0.25, -0.2) is 4.79 Å². The topological polar surface area (TPSA) is 95.9 Å². The number of hydrogen-bond donors (Lipinski definition) is 3. The summed E-state index contributed by atoms with van der Waals surface area (Å²) in [4.78, 5) is 22.0. The van der Waals surface area contributed by atoms with E-state index >= 15 is 0 Å². The fourth-order valence-corrected chi connectivity index (χ4v) is 1.38. The van der Waals surface area contributed by atoms with E-state index in [0.29, 0.717) is 5.56 Å². The number of ether oxygens (including phenoxy) is 1. The maximum Gasteiger partial charge on any atom is 0.412 e. The van der Waals surface area contributed by atoms with Gasteiger partial charge in [-0.05, 0) is 38.5 Å². The zero-order valence-electron chi connectivity index (χ0n) is 11.1. The average Bonchev–Trinajstić information content (AvgIpc) is 2.18. The van der Waals surface area contributed by atoms with Gasteiger partial charge in [0.25, 0.3) is 0 Å². The van der Waals surface area contributed by atoms with Gasteiger partial charge in [0.1, 0.15) is 11.4 Å². The molecule has 1 aromatic carbocycles. The Kier molecular flexibility index (Phi) is 4.37. The minimum absolute atomic E-state index is 0.170. The number of carboxylic acids is 1. The van der Waals surface area contributed by atoms with Crippen LogP contribution in [0.15, 0.2) is 18.2 Å². The van der Waals surface area contributed by atoms with Gasteiger partial charge in [0.15, 0.2) is 0 Å². The summed E-state index contributed by atoms with van der Waals surface area (Å²) in [6, 6.07) is 4.24. The van der Waals surface area contributed by atoms with Gasteiger partial charge in [-0.1, -0.05) is 6.07 Å². The summed E-state index contributed by atoms with van der Waals surface area (Å²) in [5.74, 6) is -1.20. The van der Waals surface area contributed by atoms with Crippen molar-refractivity contribution in [2.24, 2.45) is 0 Å². The Morgan fingerprint density at radius 1 is 1.32 bits per heavy atom. The van der Waals surface area contributed by atoms with Crippen LogP contribution < -0.4 is 5.32 Å². The SMILES string of the molecule is CC(C)(C)OC(=O)Nc1ccc(CC(=O)O)cc1O. The van der Waals surface area contributed by atoms with Crippen molar-refractivity contribution in [3.8, 4) is 5.75 Å². The first-order valence-corrected chi connectivity index (χ1v) is 5.71. The van der Waals surface area contributed by atoms with Crippen LogP contribution in [0.1, 0.15) is 26.3 Å². The molecule has 0 radical (unpaired) electrons. The number of phenolic OH excluding ortho intramolecular Hbond substituents is 1. The molecule has 1 amide bonds. The molecule has 0 aliphatic heterocycles. The van der Waals surface area contributed by atoms with E-state index in [4.69, 9.17) is 9.84 Å². The molecule has 0 aliphatic carbocycles. The second-order valence-electron chi connectivity index (χ2n) is 5.05. The Labute approximate surface area is 111 Å². The quantitative estimate of drug-likeness (QED) is 0.731. The van der Waals surface area contributed by atoms with Crippen LogP contribution in [0.5, 0.6) is 5.75 Å². The van der Waals surface area contributed by atoms with Crippen molar-refractivity contribution >= 4 is 17.7 Å². The van der Waals surface area contributed by atoms with E-state index < -0.39 is 17.7 Å². The van der Waals surface area contributed by atoms with Crippen LogP contribution in [-0.2, 0) is 16.0 Å². The molecule has 0 spiro atoms. The number of benzene rings is 1. The van der Waals surface area contributed by atoms with Gasteiger partial charge in [0.05, 0.1) is 12.1 Å². The van der Waals surface area contributed by atoms with Crippen LogP contribution >= 0.6 is 0 Å². The largest absolute Gasteiger partial charge is 0.506 e. The lowest BCUT2D eigenvalue weighted by Crippen LogP contribution is -2.27. The van der Waals surface area contributed by atoms with Crippen molar-refractivity contribution in [2.75, 3.05) is 5.32 Å². The van der Waals surface area contributed by atoms with E-state index in [9.17, 15) is 14.7 Å². The number of carboxylic acid groups (broad SMARTS) is 1. The molecule has 1 rings (SSSR count). The zero-order valence-corrected chi connectivity index (χ0v) is 11.1. The van der Waals surface area contributed by atoms with Crippen LogP contribution in [0.2, 0.25) is 0 Å². The number of phenols is 1. The second kappa shape index (κ2) is 5.60. The molecular weight excluding hydrogens is 250 g/mol. The Hall–Kier alpha value is -2.24. The molecule has 0 bridgehead atoms. The number of anilines is 1. The zero-order chi connectivity index (χ0) is 14.6. The predicted molar refractivity (Wildman–Crippen MR) is 69.3 cm³/mol. The number of rotatable bonds is 3. The van der Waals surface area contributed by atoms with Crippen molar-refractivity contribution in [3.63, 3.8) is 0 Å². The Morgan fingerprint density at radius 2 is 1.95 bits per heavy atom. The molecular formula is C13H17NO5. The Balaban J connectivity index is 2.75. The van der Waals surface area contributed by atoms with Crippen molar-refractivity contribution in [1.82, 2.24) is 0 Å². The van der Waals surface area contributed by atoms with Crippen LogP contribution in [0.4, 0.5) is 10.5 Å². The van der Waals surface area contributed by atoms with E-state index in [-0.39, 0.29) is 17.9 Å². The van der Waals surface area contributed by atoms with Crippen molar-refractivity contribution in [1.29, 1.82) is 0 Å². The summed E-state index contributed by atoms with van der Waals surface area (Å²) >= 11 is 0. The summed E-state index contributed by atoms with van der Waals surface area (Å²) in [7, 11) is 0. The average molecular weight is 267 g/mol. The van der Waals surface area contributed by atoms with E-state index in [1.807, 2.05) is 0 Å². The maximum atomic E-state index is 11.5. The lowest BCUT2D eigenvalue weighted by molar-refractivity contribution is -0.136. The van der Waals surface area contributed by atoms with Gasteiger partial charge in [-0.3, -0.25) is 10.1 Å². The summed E-state index contributed by atoms with van der Waals surface area (Å²) in [5, 5.41) is 20.7. The molecule has 0 aromatic heterocycles. The number of amides is 1. The number of hydrogen-bond acceptors (Lipinski definition) is 4. The van der Waals surface area contributed by atoms with E-state index in [1.54, 1.807) is 20.8 Å². The monoisotopic (exact) mass is 267 g/mol. The smallest absolute Gasteiger partial charge is 0.412 e. The van der Waals surface area contributed by atoms with E-state index in [1.165, 1.54) is 18.2 Å². The highest BCUT2D eigenvalue weighted by Gasteiger charge is 2.17. The Morgan fingerprint density at radius 3 is 2.42 bits per heavy atom. The van der Waals surface area contributed by atoms with Crippen molar-refractivity contribution in [3.05, 3.63) is 23.8 Å². The lowest BCUT2D eigenvalue weighted by Gasteiger charge is -2.20. The first-order valence-electron chi connectivity index (χ1n) is 5.71. The third-order valence-corrected chi connectivity index (χ3v) is 2.05. The first kappa shape index (κ1) is 14.8. The molecule has 0 heterocycles. The fraction of sp³-hybridized carbons (Fsp3) is 0.385. The standard InChI is InChI=1S/C13H17NO5/c1-13(2,3)19-12(18)14-9-5-4-8(6-10(9)15)7-11(16)17/h4-6,15H,7H2,1-3H3,(H,14,18)(H,16,17). The second-order valence-corrected chi connectivity index (χ2v) is 5.05. The molecule has 0 aliphatic rings.